The van der Waals surface area contributed by atoms with E-state index in [0.717, 1.165) is 0 Å². The van der Waals surface area contributed by atoms with Crippen LogP contribution in [0.4, 0.5) is 10.1 Å². The molecule has 0 bridgehead atoms. The molecule has 0 aliphatic heterocycles. The lowest BCUT2D eigenvalue weighted by molar-refractivity contribution is 0.220. The predicted octanol–water partition coefficient (Wildman–Crippen LogP) is 2.20. The zero-order valence-electron chi connectivity index (χ0n) is 8.97. The lowest BCUT2D eigenvalue weighted by Gasteiger charge is -2.14. The van der Waals surface area contributed by atoms with Crippen LogP contribution in [-0.4, -0.2) is 10.2 Å². The van der Waals surface area contributed by atoms with Gasteiger partial charge in [0.2, 0.25) is 0 Å². The van der Waals surface area contributed by atoms with Crippen molar-refractivity contribution in [2.75, 3.05) is 5.73 Å². The fourth-order valence-corrected chi connectivity index (χ4v) is 1.62. The van der Waals surface area contributed by atoms with E-state index in [0.29, 0.717) is 16.8 Å². The summed E-state index contributed by atoms with van der Waals surface area (Å²) in [6, 6.07) is 9.82. The number of phenols is 1. The lowest BCUT2D eigenvalue weighted by atomic mass is 10.00. The first-order valence-corrected chi connectivity index (χ1v) is 5.10. The first kappa shape index (κ1) is 11.4. The topological polar surface area (TPSA) is 66.5 Å². The van der Waals surface area contributed by atoms with Crippen molar-refractivity contribution in [2.45, 2.75) is 6.10 Å². The van der Waals surface area contributed by atoms with Crippen LogP contribution in [0.3, 0.4) is 0 Å². The number of aliphatic hydroxyl groups excluding tert-OH is 1. The van der Waals surface area contributed by atoms with Crippen LogP contribution in [0.5, 0.6) is 5.75 Å². The minimum absolute atomic E-state index is 0.0235. The van der Waals surface area contributed by atoms with Crippen LogP contribution in [0.2, 0.25) is 0 Å². The summed E-state index contributed by atoms with van der Waals surface area (Å²) in [6.45, 7) is 0. The van der Waals surface area contributed by atoms with Gasteiger partial charge in [-0.05, 0) is 35.9 Å². The zero-order valence-corrected chi connectivity index (χ0v) is 8.97. The standard InChI is InChI=1S/C13H12FNO2/c14-9-3-1-8(2-4-9)13(17)11-7-10(16)5-6-12(11)15/h1-7,13,16-17H,15H2. The molecule has 2 aromatic rings. The van der Waals surface area contributed by atoms with Gasteiger partial charge in [-0.15, -0.1) is 0 Å². The SMILES string of the molecule is Nc1ccc(O)cc1C(O)c1ccc(F)cc1. The molecule has 88 valence electrons. The maximum absolute atomic E-state index is 12.7. The van der Waals surface area contributed by atoms with Gasteiger partial charge >= 0.3 is 0 Å². The summed E-state index contributed by atoms with van der Waals surface area (Å²) < 4.78 is 12.7. The van der Waals surface area contributed by atoms with Crippen LogP contribution in [0.1, 0.15) is 17.2 Å². The number of halogens is 1. The van der Waals surface area contributed by atoms with Crippen LogP contribution in [0.25, 0.3) is 0 Å². The zero-order chi connectivity index (χ0) is 12.4. The summed E-state index contributed by atoms with van der Waals surface area (Å²) >= 11 is 0. The second-order valence-electron chi connectivity index (χ2n) is 3.77. The summed E-state index contributed by atoms with van der Waals surface area (Å²) in [5.41, 5.74) is 7.00. The van der Waals surface area contributed by atoms with E-state index < -0.39 is 6.10 Å². The number of anilines is 1. The molecule has 0 amide bonds. The van der Waals surface area contributed by atoms with Gasteiger partial charge in [-0.2, -0.15) is 0 Å². The number of nitrogen functional groups attached to an aromatic ring is 1. The average Bonchev–Trinajstić information content (AvgIpc) is 2.32. The molecule has 0 saturated carbocycles. The smallest absolute Gasteiger partial charge is 0.123 e. The minimum atomic E-state index is -0.984. The van der Waals surface area contributed by atoms with E-state index in [4.69, 9.17) is 5.73 Å². The molecule has 4 heteroatoms. The van der Waals surface area contributed by atoms with Gasteiger partial charge in [-0.1, -0.05) is 12.1 Å². The molecule has 4 N–H and O–H groups in total. The van der Waals surface area contributed by atoms with Gasteiger partial charge in [-0.25, -0.2) is 4.39 Å². The van der Waals surface area contributed by atoms with Gasteiger partial charge in [0.1, 0.15) is 17.7 Å². The van der Waals surface area contributed by atoms with Crippen molar-refractivity contribution in [3.63, 3.8) is 0 Å². The van der Waals surface area contributed by atoms with E-state index in [2.05, 4.69) is 0 Å². The maximum Gasteiger partial charge on any atom is 0.123 e. The lowest BCUT2D eigenvalue weighted by Crippen LogP contribution is -2.03. The van der Waals surface area contributed by atoms with E-state index in [9.17, 15) is 14.6 Å². The largest absolute Gasteiger partial charge is 0.508 e. The maximum atomic E-state index is 12.7. The molecule has 0 heterocycles. The fraction of sp³-hybridized carbons (Fsp3) is 0.0769. The third kappa shape index (κ3) is 2.37. The first-order valence-electron chi connectivity index (χ1n) is 5.10. The van der Waals surface area contributed by atoms with Crippen LogP contribution < -0.4 is 5.73 Å². The van der Waals surface area contributed by atoms with Gasteiger partial charge < -0.3 is 15.9 Å². The van der Waals surface area contributed by atoms with Crippen LogP contribution in [-0.2, 0) is 0 Å². The van der Waals surface area contributed by atoms with Crippen molar-refractivity contribution in [2.24, 2.45) is 0 Å². The molecule has 3 nitrogen and oxygen atoms in total. The van der Waals surface area contributed by atoms with E-state index in [-0.39, 0.29) is 11.6 Å². The molecule has 0 aliphatic carbocycles. The Kier molecular flexibility index (Phi) is 2.97. The van der Waals surface area contributed by atoms with E-state index >= 15 is 0 Å². The van der Waals surface area contributed by atoms with Crippen molar-refractivity contribution >= 4 is 5.69 Å². The summed E-state index contributed by atoms with van der Waals surface area (Å²) in [4.78, 5) is 0. The molecule has 2 rings (SSSR count). The van der Waals surface area contributed by atoms with Crippen molar-refractivity contribution < 1.29 is 14.6 Å². The molecule has 2 aromatic carbocycles. The summed E-state index contributed by atoms with van der Waals surface area (Å²) in [6.07, 6.45) is -0.984. The second-order valence-corrected chi connectivity index (χ2v) is 3.77. The van der Waals surface area contributed by atoms with Crippen molar-refractivity contribution in [1.82, 2.24) is 0 Å². The molecule has 1 atom stereocenters. The molecule has 0 aliphatic rings. The molecule has 0 saturated heterocycles. The number of nitrogens with two attached hydrogens (primary N) is 1. The Labute approximate surface area is 97.9 Å². The number of aromatic hydroxyl groups is 1. The van der Waals surface area contributed by atoms with Gasteiger partial charge in [0.15, 0.2) is 0 Å². The van der Waals surface area contributed by atoms with Crippen molar-refractivity contribution in [3.05, 3.63) is 59.4 Å². The highest BCUT2D eigenvalue weighted by atomic mass is 19.1. The number of hydrogen-bond donors (Lipinski definition) is 3. The highest BCUT2D eigenvalue weighted by Gasteiger charge is 2.14. The first-order chi connectivity index (χ1) is 8.08. The summed E-state index contributed by atoms with van der Waals surface area (Å²) in [5, 5.41) is 19.4. The highest BCUT2D eigenvalue weighted by Crippen LogP contribution is 2.29. The van der Waals surface area contributed by atoms with Crippen LogP contribution in [0.15, 0.2) is 42.5 Å². The normalized spacial score (nSPS) is 12.4. The summed E-state index contributed by atoms with van der Waals surface area (Å²) in [5.74, 6) is -0.347. The van der Waals surface area contributed by atoms with Gasteiger partial charge in [0.25, 0.3) is 0 Å². The number of phenolic OH excluding ortho intramolecular Hbond substituents is 1. The molecule has 0 aromatic heterocycles. The number of benzene rings is 2. The van der Waals surface area contributed by atoms with Crippen LogP contribution in [0, 0.1) is 5.82 Å². The van der Waals surface area contributed by atoms with E-state index in [1.165, 1.54) is 42.5 Å². The molecule has 0 spiro atoms. The van der Waals surface area contributed by atoms with Gasteiger partial charge in [0, 0.05) is 11.3 Å². The number of rotatable bonds is 2. The fourth-order valence-electron chi connectivity index (χ4n) is 1.62. The van der Waals surface area contributed by atoms with Crippen LogP contribution >= 0.6 is 0 Å². The Hall–Kier alpha value is -2.07. The highest BCUT2D eigenvalue weighted by molar-refractivity contribution is 5.53. The molecule has 0 radical (unpaired) electrons. The Balaban J connectivity index is 2.39. The Morgan fingerprint density at radius 3 is 2.35 bits per heavy atom. The minimum Gasteiger partial charge on any atom is -0.508 e. The summed E-state index contributed by atoms with van der Waals surface area (Å²) in [7, 11) is 0. The monoisotopic (exact) mass is 233 g/mol. The molecular weight excluding hydrogens is 221 g/mol. The number of hydrogen-bond acceptors (Lipinski definition) is 3. The quantitative estimate of drug-likeness (QED) is 0.550. The molecular formula is C13H12FNO2. The Bertz CT molecular complexity index is 525. The van der Waals surface area contributed by atoms with Gasteiger partial charge in [-0.3, -0.25) is 0 Å². The van der Waals surface area contributed by atoms with Crippen molar-refractivity contribution in [1.29, 1.82) is 0 Å². The second kappa shape index (κ2) is 4.43. The third-order valence-corrected chi connectivity index (χ3v) is 2.55. The molecule has 17 heavy (non-hydrogen) atoms. The molecule has 1 unspecified atom stereocenters. The average molecular weight is 233 g/mol. The van der Waals surface area contributed by atoms with E-state index in [1.807, 2.05) is 0 Å². The van der Waals surface area contributed by atoms with Crippen molar-refractivity contribution in [3.8, 4) is 5.75 Å². The van der Waals surface area contributed by atoms with E-state index in [1.54, 1.807) is 0 Å². The Morgan fingerprint density at radius 1 is 1.06 bits per heavy atom. The predicted molar refractivity (Wildman–Crippen MR) is 63.0 cm³/mol. The van der Waals surface area contributed by atoms with Gasteiger partial charge in [0.05, 0.1) is 0 Å². The third-order valence-electron chi connectivity index (χ3n) is 2.55. The Morgan fingerprint density at radius 2 is 1.71 bits per heavy atom. The number of aliphatic hydroxyl groups is 1. The molecule has 0 fully saturated rings.